The van der Waals surface area contributed by atoms with Gasteiger partial charge in [0.15, 0.2) is 23.0 Å². The van der Waals surface area contributed by atoms with Crippen LogP contribution in [-0.4, -0.2) is 64.6 Å². The van der Waals surface area contributed by atoms with Crippen molar-refractivity contribution in [2.45, 2.75) is 6.42 Å². The second-order valence-corrected chi connectivity index (χ2v) is 9.82. The smallest absolute Gasteiger partial charge is 0.343 e. The number of hydrogen-bond acceptors (Lipinski definition) is 12. The number of carbonyl (C=O) groups excluding carboxylic acids is 4. The Morgan fingerprint density at radius 3 is 1.27 bits per heavy atom. The first-order valence-corrected chi connectivity index (χ1v) is 14.4. The van der Waals surface area contributed by atoms with E-state index < -0.39 is 30.2 Å². The Hall–Kier alpha value is -6.70. The van der Waals surface area contributed by atoms with Gasteiger partial charge < -0.3 is 28.4 Å². The zero-order chi connectivity index (χ0) is 35.2. The number of carbonyl (C=O) groups is 4. The zero-order valence-electron chi connectivity index (χ0n) is 26.9. The second kappa shape index (κ2) is 17.3. The molecule has 0 aliphatic rings. The van der Waals surface area contributed by atoms with Gasteiger partial charge in [-0.3, -0.25) is 9.59 Å². The van der Waals surface area contributed by atoms with Gasteiger partial charge in [-0.1, -0.05) is 0 Å². The molecule has 2 N–H and O–H groups in total. The van der Waals surface area contributed by atoms with Gasteiger partial charge in [-0.15, -0.1) is 0 Å². The number of rotatable bonds is 14. The Balaban J connectivity index is 1.24. The largest absolute Gasteiger partial charge is 0.497 e. The van der Waals surface area contributed by atoms with Gasteiger partial charge in [0.1, 0.15) is 17.9 Å². The molecule has 0 aromatic heterocycles. The van der Waals surface area contributed by atoms with Gasteiger partial charge in [-0.25, -0.2) is 20.4 Å². The van der Waals surface area contributed by atoms with Gasteiger partial charge in [-0.2, -0.15) is 10.2 Å². The van der Waals surface area contributed by atoms with Gasteiger partial charge in [0.2, 0.25) is 11.8 Å². The lowest BCUT2D eigenvalue weighted by molar-refractivity contribution is -0.129. The van der Waals surface area contributed by atoms with Crippen LogP contribution in [0.1, 0.15) is 38.3 Å². The van der Waals surface area contributed by atoms with Crippen molar-refractivity contribution >= 4 is 36.2 Å². The summed E-state index contributed by atoms with van der Waals surface area (Å²) in [5.41, 5.74) is 6.21. The molecule has 14 heteroatoms. The van der Waals surface area contributed by atoms with Crippen LogP contribution < -0.4 is 39.3 Å². The van der Waals surface area contributed by atoms with Crippen LogP contribution in [-0.2, 0) is 9.59 Å². The van der Waals surface area contributed by atoms with Crippen molar-refractivity contribution in [3.8, 4) is 34.5 Å². The van der Waals surface area contributed by atoms with Gasteiger partial charge >= 0.3 is 11.9 Å². The highest BCUT2D eigenvalue weighted by molar-refractivity contribution is 5.97. The summed E-state index contributed by atoms with van der Waals surface area (Å²) in [5, 5.41) is 7.71. The lowest BCUT2D eigenvalue weighted by atomic mass is 10.2. The molecule has 4 rings (SSSR count). The summed E-state index contributed by atoms with van der Waals surface area (Å²) in [6.45, 7) is 0. The van der Waals surface area contributed by atoms with E-state index in [0.29, 0.717) is 33.8 Å². The fourth-order valence-electron chi connectivity index (χ4n) is 4.05. The van der Waals surface area contributed by atoms with E-state index in [-0.39, 0.29) is 23.0 Å². The highest BCUT2D eigenvalue weighted by Crippen LogP contribution is 2.30. The summed E-state index contributed by atoms with van der Waals surface area (Å²) in [5.74, 6) is -0.449. The molecular formula is C35H32N4O10. The molecule has 0 unspecified atom stereocenters. The number of nitrogens with zero attached hydrogens (tertiary/aromatic N) is 2. The van der Waals surface area contributed by atoms with Crippen LogP contribution in [0.15, 0.2) is 95.1 Å². The third-order valence-electron chi connectivity index (χ3n) is 6.56. The van der Waals surface area contributed by atoms with Crippen LogP contribution in [0.25, 0.3) is 0 Å². The number of benzene rings is 4. The molecule has 4 aromatic carbocycles. The predicted molar refractivity (Wildman–Crippen MR) is 178 cm³/mol. The Morgan fingerprint density at radius 2 is 0.918 bits per heavy atom. The topological polar surface area (TPSA) is 172 Å². The van der Waals surface area contributed by atoms with Crippen LogP contribution in [0.2, 0.25) is 0 Å². The minimum absolute atomic E-state index is 0.185. The molecule has 0 atom stereocenters. The van der Waals surface area contributed by atoms with E-state index in [1.165, 1.54) is 53.0 Å². The number of nitrogens with one attached hydrogen (secondary N) is 2. The third-order valence-corrected chi connectivity index (χ3v) is 6.56. The SMILES string of the molecule is COc1ccc(C(=O)Oc2ccc(/C=N/NC(=O)CC(=O)N/N=C/c3ccc(OC(=O)c4ccc(OC)cc4)c(OC)c3)cc2OC)cc1. The molecule has 2 amide bonds. The van der Waals surface area contributed by atoms with E-state index in [1.807, 2.05) is 0 Å². The Kier molecular flexibility index (Phi) is 12.4. The number of amides is 2. The Bertz CT molecular complexity index is 1720. The molecule has 14 nitrogen and oxygen atoms in total. The summed E-state index contributed by atoms with van der Waals surface area (Å²) >= 11 is 0. The third kappa shape index (κ3) is 10.1. The lowest BCUT2D eigenvalue weighted by Crippen LogP contribution is -2.27. The average molecular weight is 669 g/mol. The minimum atomic E-state index is -0.689. The number of hydrogen-bond donors (Lipinski definition) is 2. The van der Waals surface area contributed by atoms with Gasteiger partial charge in [0, 0.05) is 0 Å². The van der Waals surface area contributed by atoms with E-state index in [0.717, 1.165) is 0 Å². The fraction of sp³-hybridized carbons (Fsp3) is 0.143. The van der Waals surface area contributed by atoms with Crippen LogP contribution in [0.4, 0.5) is 0 Å². The average Bonchev–Trinajstić information content (AvgIpc) is 3.12. The van der Waals surface area contributed by atoms with E-state index in [2.05, 4.69) is 21.1 Å². The first-order valence-electron chi connectivity index (χ1n) is 14.4. The molecule has 4 aromatic rings. The number of methoxy groups -OCH3 is 4. The molecule has 252 valence electrons. The maximum absolute atomic E-state index is 12.5. The molecule has 0 fully saturated rings. The number of hydrazone groups is 2. The minimum Gasteiger partial charge on any atom is -0.497 e. The maximum Gasteiger partial charge on any atom is 0.343 e. The summed E-state index contributed by atoms with van der Waals surface area (Å²) in [6.07, 6.45) is 2.11. The summed E-state index contributed by atoms with van der Waals surface area (Å²) < 4.78 is 31.7. The van der Waals surface area contributed by atoms with Crippen molar-refractivity contribution in [2.75, 3.05) is 28.4 Å². The second-order valence-electron chi connectivity index (χ2n) is 9.82. The molecule has 0 aliphatic heterocycles. The molecule has 0 spiro atoms. The Morgan fingerprint density at radius 1 is 0.531 bits per heavy atom. The predicted octanol–water partition coefficient (Wildman–Crippen LogP) is 4.15. The van der Waals surface area contributed by atoms with Crippen LogP contribution in [0.3, 0.4) is 0 Å². The summed E-state index contributed by atoms with van der Waals surface area (Å²) in [6, 6.07) is 22.2. The van der Waals surface area contributed by atoms with Crippen LogP contribution >= 0.6 is 0 Å². The highest BCUT2D eigenvalue weighted by Gasteiger charge is 2.15. The molecule has 0 bridgehead atoms. The van der Waals surface area contributed by atoms with E-state index in [9.17, 15) is 19.2 Å². The normalized spacial score (nSPS) is 10.7. The van der Waals surface area contributed by atoms with Gasteiger partial charge in [0.05, 0.1) is 52.0 Å². The zero-order valence-corrected chi connectivity index (χ0v) is 26.9. The number of esters is 2. The van der Waals surface area contributed by atoms with E-state index in [1.54, 1.807) is 72.8 Å². The van der Waals surface area contributed by atoms with Crippen molar-refractivity contribution in [3.63, 3.8) is 0 Å². The van der Waals surface area contributed by atoms with E-state index >= 15 is 0 Å². The number of ether oxygens (including phenoxy) is 6. The first-order chi connectivity index (χ1) is 23.7. The van der Waals surface area contributed by atoms with Crippen molar-refractivity contribution in [2.24, 2.45) is 10.2 Å². The molecular weight excluding hydrogens is 636 g/mol. The van der Waals surface area contributed by atoms with Crippen molar-refractivity contribution < 1.29 is 47.6 Å². The van der Waals surface area contributed by atoms with Crippen molar-refractivity contribution in [1.82, 2.24) is 10.9 Å². The molecule has 0 aliphatic carbocycles. The molecule has 0 saturated carbocycles. The Labute approximate surface area is 281 Å². The standard InChI is InChI=1S/C35H32N4O10/c1-44-26-11-7-24(8-12-26)34(42)48-28-15-5-22(17-30(28)46-3)20-36-38-32(40)19-33(41)39-37-21-23-6-16-29(31(18-23)47-4)49-35(43)25-9-13-27(45-2)14-10-25/h5-18,20-21H,19H2,1-4H3,(H,38,40)(H,39,41)/b36-20+,37-21+. The maximum atomic E-state index is 12.5. The monoisotopic (exact) mass is 668 g/mol. The lowest BCUT2D eigenvalue weighted by Gasteiger charge is -2.10. The van der Waals surface area contributed by atoms with Crippen molar-refractivity contribution in [1.29, 1.82) is 0 Å². The fourth-order valence-corrected chi connectivity index (χ4v) is 4.05. The molecule has 0 radical (unpaired) electrons. The first kappa shape index (κ1) is 35.2. The summed E-state index contributed by atoms with van der Waals surface area (Å²) in [7, 11) is 5.88. The van der Waals surface area contributed by atoms with Crippen LogP contribution in [0.5, 0.6) is 34.5 Å². The van der Waals surface area contributed by atoms with Gasteiger partial charge in [0.25, 0.3) is 0 Å². The van der Waals surface area contributed by atoms with E-state index in [4.69, 9.17) is 28.4 Å². The van der Waals surface area contributed by atoms with Crippen LogP contribution in [0, 0.1) is 0 Å². The molecule has 0 heterocycles. The highest BCUT2D eigenvalue weighted by atomic mass is 16.6. The quantitative estimate of drug-likeness (QED) is 0.0654. The molecule has 49 heavy (non-hydrogen) atoms. The van der Waals surface area contributed by atoms with Gasteiger partial charge in [-0.05, 0) is 96.1 Å². The summed E-state index contributed by atoms with van der Waals surface area (Å²) in [4.78, 5) is 49.4. The van der Waals surface area contributed by atoms with Crippen molar-refractivity contribution in [3.05, 3.63) is 107 Å². The molecule has 0 saturated heterocycles.